The SMILES string of the molecule is FC(F)(F)Oc1ccc(C2COc3c(cccc3-c3cccc(OC(F)(F)F)c3)N2)cc1. The number of alkyl halides is 6. The Bertz CT molecular complexity index is 1100. The van der Waals surface area contributed by atoms with Crippen molar-refractivity contribution in [2.24, 2.45) is 0 Å². The average molecular weight is 455 g/mol. The number of para-hydroxylation sites is 1. The van der Waals surface area contributed by atoms with Gasteiger partial charge in [-0.2, -0.15) is 0 Å². The van der Waals surface area contributed by atoms with E-state index in [0.29, 0.717) is 28.1 Å². The Labute approximate surface area is 178 Å². The lowest BCUT2D eigenvalue weighted by molar-refractivity contribution is -0.275. The predicted octanol–water partition coefficient (Wildman–Crippen LogP) is 6.70. The van der Waals surface area contributed by atoms with Crippen LogP contribution in [-0.4, -0.2) is 19.3 Å². The van der Waals surface area contributed by atoms with Crippen molar-refractivity contribution in [2.75, 3.05) is 11.9 Å². The van der Waals surface area contributed by atoms with Crippen molar-refractivity contribution in [3.05, 3.63) is 72.3 Å². The Morgan fingerprint density at radius 2 is 1.44 bits per heavy atom. The van der Waals surface area contributed by atoms with Crippen LogP contribution in [0.5, 0.6) is 17.2 Å². The molecule has 0 fully saturated rings. The van der Waals surface area contributed by atoms with Crippen molar-refractivity contribution >= 4 is 5.69 Å². The minimum atomic E-state index is -4.80. The van der Waals surface area contributed by atoms with E-state index in [-0.39, 0.29) is 24.1 Å². The number of hydrogen-bond donors (Lipinski definition) is 1. The molecule has 32 heavy (non-hydrogen) atoms. The van der Waals surface area contributed by atoms with Gasteiger partial charge in [-0.05, 0) is 41.5 Å². The summed E-state index contributed by atoms with van der Waals surface area (Å²) in [7, 11) is 0. The Hall–Kier alpha value is -3.56. The molecule has 1 atom stereocenters. The molecule has 4 nitrogen and oxygen atoms in total. The van der Waals surface area contributed by atoms with Gasteiger partial charge >= 0.3 is 12.7 Å². The van der Waals surface area contributed by atoms with E-state index in [1.807, 2.05) is 0 Å². The maximum absolute atomic E-state index is 12.5. The van der Waals surface area contributed by atoms with E-state index in [2.05, 4.69) is 14.8 Å². The molecule has 1 heterocycles. The van der Waals surface area contributed by atoms with Crippen LogP contribution in [0, 0.1) is 0 Å². The normalized spacial score (nSPS) is 15.9. The van der Waals surface area contributed by atoms with Crippen molar-refractivity contribution < 1.29 is 40.6 Å². The topological polar surface area (TPSA) is 39.7 Å². The number of anilines is 1. The minimum Gasteiger partial charge on any atom is -0.488 e. The molecule has 1 aliphatic rings. The molecule has 3 aromatic rings. The Morgan fingerprint density at radius 3 is 2.12 bits per heavy atom. The summed E-state index contributed by atoms with van der Waals surface area (Å²) in [6.45, 7) is 0.155. The zero-order valence-corrected chi connectivity index (χ0v) is 16.1. The zero-order valence-electron chi connectivity index (χ0n) is 16.1. The lowest BCUT2D eigenvalue weighted by Gasteiger charge is -2.29. The van der Waals surface area contributed by atoms with E-state index in [9.17, 15) is 26.3 Å². The molecule has 4 rings (SSSR count). The first-order valence-electron chi connectivity index (χ1n) is 9.32. The van der Waals surface area contributed by atoms with Gasteiger partial charge in [-0.1, -0.05) is 36.4 Å². The molecule has 0 saturated heterocycles. The Balaban J connectivity index is 1.55. The standard InChI is InChI=1S/C22H15F6NO3/c23-21(24,25)31-15-9-7-13(8-10-15)19-12-30-20-17(5-2-6-18(20)29-19)14-3-1-4-16(11-14)32-22(26,27)28/h1-11,19,29H,12H2. The fourth-order valence-corrected chi connectivity index (χ4v) is 3.37. The number of nitrogens with one attached hydrogen (secondary N) is 1. The molecule has 1 N–H and O–H groups in total. The first kappa shape index (κ1) is 21.7. The number of ether oxygens (including phenoxy) is 3. The van der Waals surface area contributed by atoms with Crippen LogP contribution in [0.3, 0.4) is 0 Å². The molecule has 0 saturated carbocycles. The molecule has 10 heteroatoms. The monoisotopic (exact) mass is 455 g/mol. The van der Waals surface area contributed by atoms with Crippen molar-refractivity contribution in [1.82, 2.24) is 0 Å². The summed E-state index contributed by atoms with van der Waals surface area (Å²) in [6, 6.07) is 15.8. The molecule has 0 amide bonds. The smallest absolute Gasteiger partial charge is 0.488 e. The molecule has 3 aromatic carbocycles. The largest absolute Gasteiger partial charge is 0.573 e. The summed E-state index contributed by atoms with van der Waals surface area (Å²) in [5.41, 5.74) is 2.31. The van der Waals surface area contributed by atoms with Gasteiger partial charge < -0.3 is 19.5 Å². The highest BCUT2D eigenvalue weighted by molar-refractivity contribution is 5.79. The molecule has 0 radical (unpaired) electrons. The molecule has 168 valence electrons. The van der Waals surface area contributed by atoms with Gasteiger partial charge in [0.05, 0.1) is 11.7 Å². The molecule has 0 bridgehead atoms. The van der Waals surface area contributed by atoms with Gasteiger partial charge in [0.2, 0.25) is 0 Å². The quantitative estimate of drug-likeness (QED) is 0.445. The van der Waals surface area contributed by atoms with Crippen LogP contribution in [0.4, 0.5) is 32.0 Å². The third-order valence-corrected chi connectivity index (χ3v) is 4.63. The van der Waals surface area contributed by atoms with E-state index < -0.39 is 12.7 Å². The molecular weight excluding hydrogens is 440 g/mol. The molecule has 0 aromatic heterocycles. The van der Waals surface area contributed by atoms with Crippen LogP contribution in [0.25, 0.3) is 11.1 Å². The molecule has 1 aliphatic heterocycles. The second-order valence-corrected chi connectivity index (χ2v) is 6.88. The number of halogens is 6. The second-order valence-electron chi connectivity index (χ2n) is 6.88. The number of benzene rings is 3. The van der Waals surface area contributed by atoms with E-state index in [0.717, 1.165) is 0 Å². The first-order valence-corrected chi connectivity index (χ1v) is 9.32. The van der Waals surface area contributed by atoms with Crippen LogP contribution in [0.2, 0.25) is 0 Å². The number of hydrogen-bond acceptors (Lipinski definition) is 4. The third kappa shape index (κ3) is 5.19. The van der Waals surface area contributed by atoms with E-state index in [4.69, 9.17) is 4.74 Å². The highest BCUT2D eigenvalue weighted by Crippen LogP contribution is 2.42. The third-order valence-electron chi connectivity index (χ3n) is 4.63. The second kappa shape index (κ2) is 8.18. The van der Waals surface area contributed by atoms with Gasteiger partial charge in [0, 0.05) is 5.56 Å². The lowest BCUT2D eigenvalue weighted by Crippen LogP contribution is -2.24. The molecule has 0 spiro atoms. The molecule has 1 unspecified atom stereocenters. The van der Waals surface area contributed by atoms with Gasteiger partial charge in [0.1, 0.15) is 23.9 Å². The van der Waals surface area contributed by atoms with Crippen LogP contribution < -0.4 is 19.5 Å². The van der Waals surface area contributed by atoms with E-state index in [1.54, 1.807) is 24.3 Å². The van der Waals surface area contributed by atoms with Gasteiger partial charge in [-0.15, -0.1) is 26.3 Å². The zero-order chi connectivity index (χ0) is 22.9. The lowest BCUT2D eigenvalue weighted by atomic mass is 10.0. The van der Waals surface area contributed by atoms with Crippen molar-refractivity contribution in [2.45, 2.75) is 18.8 Å². The maximum Gasteiger partial charge on any atom is 0.573 e. The number of rotatable bonds is 4. The van der Waals surface area contributed by atoms with Crippen LogP contribution in [-0.2, 0) is 0 Å². The van der Waals surface area contributed by atoms with Crippen LogP contribution in [0.1, 0.15) is 11.6 Å². The van der Waals surface area contributed by atoms with Gasteiger partial charge in [0.15, 0.2) is 0 Å². The van der Waals surface area contributed by atoms with Crippen LogP contribution >= 0.6 is 0 Å². The highest BCUT2D eigenvalue weighted by atomic mass is 19.4. The van der Waals surface area contributed by atoms with E-state index >= 15 is 0 Å². The maximum atomic E-state index is 12.5. The van der Waals surface area contributed by atoms with Crippen molar-refractivity contribution in [3.63, 3.8) is 0 Å². The summed E-state index contributed by atoms with van der Waals surface area (Å²) in [6.07, 6.45) is -9.58. The Morgan fingerprint density at radius 1 is 0.781 bits per heavy atom. The summed E-state index contributed by atoms with van der Waals surface area (Å²) in [4.78, 5) is 0. The fourth-order valence-electron chi connectivity index (χ4n) is 3.37. The Kier molecular flexibility index (Phi) is 5.53. The van der Waals surface area contributed by atoms with E-state index in [1.165, 1.54) is 42.5 Å². The molecular formula is C22H15F6NO3. The highest BCUT2D eigenvalue weighted by Gasteiger charge is 2.32. The predicted molar refractivity (Wildman–Crippen MR) is 104 cm³/mol. The van der Waals surface area contributed by atoms with Crippen LogP contribution in [0.15, 0.2) is 66.7 Å². The summed E-state index contributed by atoms with van der Waals surface area (Å²) in [5.74, 6) is -0.234. The van der Waals surface area contributed by atoms with Crippen molar-refractivity contribution in [1.29, 1.82) is 0 Å². The summed E-state index contributed by atoms with van der Waals surface area (Å²) >= 11 is 0. The summed E-state index contributed by atoms with van der Waals surface area (Å²) in [5, 5.41) is 3.24. The first-order chi connectivity index (χ1) is 15.1. The number of fused-ring (bicyclic) bond motifs is 1. The fraction of sp³-hybridized carbons (Fsp3) is 0.182. The van der Waals surface area contributed by atoms with Gasteiger partial charge in [-0.3, -0.25) is 0 Å². The minimum absolute atomic E-state index is 0.155. The average Bonchev–Trinajstić information content (AvgIpc) is 2.71. The summed E-state index contributed by atoms with van der Waals surface area (Å²) < 4.78 is 88.3. The molecule has 0 aliphatic carbocycles. The van der Waals surface area contributed by atoms with Gasteiger partial charge in [0.25, 0.3) is 0 Å². The van der Waals surface area contributed by atoms with Gasteiger partial charge in [-0.25, -0.2) is 0 Å². The van der Waals surface area contributed by atoms with Crippen molar-refractivity contribution in [3.8, 4) is 28.4 Å².